The van der Waals surface area contributed by atoms with Gasteiger partial charge in [-0.25, -0.2) is 9.78 Å². The Morgan fingerprint density at radius 3 is 2.19 bits per heavy atom. The Balaban J connectivity index is 1.41. The fourth-order valence-corrected chi connectivity index (χ4v) is 5.40. The summed E-state index contributed by atoms with van der Waals surface area (Å²) in [6, 6.07) is 19.3. The lowest BCUT2D eigenvalue weighted by molar-refractivity contribution is 0.0234. The molecule has 0 radical (unpaired) electrons. The lowest BCUT2D eigenvalue weighted by Gasteiger charge is -2.35. The lowest BCUT2D eigenvalue weighted by atomic mass is 9.76. The molecule has 2 N–H and O–H groups in total. The maximum atomic E-state index is 13.8. The third-order valence-electron chi connectivity index (χ3n) is 7.59. The van der Waals surface area contributed by atoms with Crippen LogP contribution in [0, 0.1) is 5.41 Å². The summed E-state index contributed by atoms with van der Waals surface area (Å²) in [4.78, 5) is 33.0. The van der Waals surface area contributed by atoms with Crippen LogP contribution in [0.15, 0.2) is 65.5 Å². The van der Waals surface area contributed by atoms with Crippen LogP contribution in [0.1, 0.15) is 68.0 Å². The van der Waals surface area contributed by atoms with Gasteiger partial charge >= 0.3 is 6.09 Å². The molecule has 188 valence electrons. The quantitative estimate of drug-likeness (QED) is 0.565. The van der Waals surface area contributed by atoms with E-state index in [4.69, 9.17) is 10.5 Å². The number of aromatic nitrogens is 2. The van der Waals surface area contributed by atoms with Gasteiger partial charge in [0.05, 0.1) is 18.3 Å². The Kier molecular flexibility index (Phi) is 6.56. The van der Waals surface area contributed by atoms with Crippen molar-refractivity contribution in [3.05, 3.63) is 93.4 Å². The van der Waals surface area contributed by atoms with Crippen LogP contribution in [-0.4, -0.2) is 33.2 Å². The standard InChI is InChI=1S/C29H34N4O3/c1-29(2)16-13-22(14-17-29)36-28(35)32-18-15-23-24(19-32)31-27(30)33(26(23)34)25(20-9-5-3-6-10-20)21-11-7-4-8-12-21/h3-12,22,25H,13-19H2,1-2H3,(H2,30,31). The molecule has 2 heterocycles. The van der Waals surface area contributed by atoms with Gasteiger partial charge in [0.15, 0.2) is 0 Å². The third-order valence-corrected chi connectivity index (χ3v) is 7.59. The normalized spacial score (nSPS) is 17.6. The van der Waals surface area contributed by atoms with Crippen molar-refractivity contribution in [2.75, 3.05) is 12.3 Å². The van der Waals surface area contributed by atoms with E-state index in [-0.39, 0.29) is 30.2 Å². The number of carbonyl (C=O) groups is 1. The minimum absolute atomic E-state index is 0.0459. The number of anilines is 1. The fourth-order valence-electron chi connectivity index (χ4n) is 5.40. The molecule has 36 heavy (non-hydrogen) atoms. The molecule has 0 spiro atoms. The van der Waals surface area contributed by atoms with Crippen LogP contribution in [0.25, 0.3) is 0 Å². The molecule has 1 aliphatic carbocycles. The molecule has 7 nitrogen and oxygen atoms in total. The number of amides is 1. The Morgan fingerprint density at radius 2 is 1.61 bits per heavy atom. The molecule has 1 aliphatic heterocycles. The van der Waals surface area contributed by atoms with Crippen molar-refractivity contribution < 1.29 is 9.53 Å². The van der Waals surface area contributed by atoms with E-state index in [2.05, 4.69) is 18.8 Å². The molecular weight excluding hydrogens is 452 g/mol. The molecule has 0 bridgehead atoms. The second-order valence-electron chi connectivity index (χ2n) is 10.7. The average molecular weight is 487 g/mol. The van der Waals surface area contributed by atoms with Gasteiger partial charge in [0.1, 0.15) is 6.10 Å². The van der Waals surface area contributed by atoms with Crippen LogP contribution in [0.3, 0.4) is 0 Å². The number of hydrogen-bond acceptors (Lipinski definition) is 5. The number of fused-ring (bicyclic) bond motifs is 1. The van der Waals surface area contributed by atoms with E-state index in [9.17, 15) is 9.59 Å². The van der Waals surface area contributed by atoms with E-state index in [1.165, 1.54) is 0 Å². The van der Waals surface area contributed by atoms with Crippen LogP contribution >= 0.6 is 0 Å². The van der Waals surface area contributed by atoms with Crippen molar-refractivity contribution in [3.63, 3.8) is 0 Å². The first-order valence-electron chi connectivity index (χ1n) is 12.8. The van der Waals surface area contributed by atoms with Crippen molar-refractivity contribution in [2.24, 2.45) is 5.41 Å². The molecule has 2 aromatic carbocycles. The highest BCUT2D eigenvalue weighted by Crippen LogP contribution is 2.36. The molecule has 1 fully saturated rings. The molecule has 5 rings (SSSR count). The van der Waals surface area contributed by atoms with E-state index in [1.807, 2.05) is 60.7 Å². The number of hydrogen-bond donors (Lipinski definition) is 1. The molecule has 7 heteroatoms. The molecule has 3 aromatic rings. The Labute approximate surface area is 211 Å². The van der Waals surface area contributed by atoms with Gasteiger partial charge in [0.25, 0.3) is 5.56 Å². The molecule has 1 aromatic heterocycles. The SMILES string of the molecule is CC1(C)CCC(OC(=O)N2CCc3c(nc(N)n(C(c4ccccc4)c4ccccc4)c3=O)C2)CC1. The number of carbonyl (C=O) groups excluding carboxylic acids is 1. The van der Waals surface area contributed by atoms with Crippen LogP contribution in [0.2, 0.25) is 0 Å². The summed E-state index contributed by atoms with van der Waals surface area (Å²) in [5.74, 6) is 0.140. The van der Waals surface area contributed by atoms with Gasteiger partial charge in [0.2, 0.25) is 5.95 Å². The molecule has 1 saturated carbocycles. The fraction of sp³-hybridized carbons (Fsp3) is 0.414. The maximum Gasteiger partial charge on any atom is 0.410 e. The van der Waals surface area contributed by atoms with Crippen LogP contribution in [0.5, 0.6) is 0 Å². The number of rotatable bonds is 4. The van der Waals surface area contributed by atoms with Crippen molar-refractivity contribution in [1.29, 1.82) is 0 Å². The third kappa shape index (κ3) is 4.87. The zero-order valence-electron chi connectivity index (χ0n) is 21.0. The van der Waals surface area contributed by atoms with Crippen molar-refractivity contribution in [3.8, 4) is 0 Å². The van der Waals surface area contributed by atoms with Crippen LogP contribution in [0.4, 0.5) is 10.7 Å². The summed E-state index contributed by atoms with van der Waals surface area (Å²) in [6.07, 6.45) is 3.92. The highest BCUT2D eigenvalue weighted by molar-refractivity contribution is 5.68. The summed E-state index contributed by atoms with van der Waals surface area (Å²) >= 11 is 0. The number of nitrogens with zero attached hydrogens (tertiary/aromatic N) is 3. The van der Waals surface area contributed by atoms with Crippen molar-refractivity contribution >= 4 is 12.0 Å². The first-order valence-corrected chi connectivity index (χ1v) is 12.8. The summed E-state index contributed by atoms with van der Waals surface area (Å²) in [6.45, 7) is 5.17. The summed E-state index contributed by atoms with van der Waals surface area (Å²) in [5, 5.41) is 0. The van der Waals surface area contributed by atoms with Gasteiger partial charge in [0, 0.05) is 12.1 Å². The van der Waals surface area contributed by atoms with E-state index < -0.39 is 6.04 Å². The molecule has 0 atom stereocenters. The van der Waals surface area contributed by atoms with Crippen molar-refractivity contribution in [1.82, 2.24) is 14.5 Å². The van der Waals surface area contributed by atoms with Gasteiger partial charge < -0.3 is 15.4 Å². The molecule has 0 unspecified atom stereocenters. The zero-order chi connectivity index (χ0) is 25.3. The number of nitrogen functional groups attached to an aromatic ring is 1. The smallest absolute Gasteiger partial charge is 0.410 e. The number of nitrogens with two attached hydrogens (primary N) is 1. The predicted octanol–water partition coefficient (Wildman–Crippen LogP) is 4.93. The van der Waals surface area contributed by atoms with E-state index in [0.29, 0.717) is 29.6 Å². The second-order valence-corrected chi connectivity index (χ2v) is 10.7. The topological polar surface area (TPSA) is 90.4 Å². The van der Waals surface area contributed by atoms with Gasteiger partial charge in [-0.3, -0.25) is 9.36 Å². The Morgan fingerprint density at radius 1 is 1.03 bits per heavy atom. The molecule has 0 saturated heterocycles. The summed E-state index contributed by atoms with van der Waals surface area (Å²) in [7, 11) is 0. The van der Waals surface area contributed by atoms with Crippen LogP contribution in [-0.2, 0) is 17.7 Å². The van der Waals surface area contributed by atoms with E-state index in [0.717, 1.165) is 36.8 Å². The first kappa shape index (κ1) is 24.1. The highest BCUT2D eigenvalue weighted by atomic mass is 16.6. The lowest BCUT2D eigenvalue weighted by Crippen LogP contribution is -2.43. The summed E-state index contributed by atoms with van der Waals surface area (Å²) < 4.78 is 7.41. The van der Waals surface area contributed by atoms with Crippen LogP contribution < -0.4 is 11.3 Å². The zero-order valence-corrected chi connectivity index (χ0v) is 21.0. The molecular formula is C29H34N4O3. The maximum absolute atomic E-state index is 13.8. The van der Waals surface area contributed by atoms with Gasteiger partial charge in [-0.2, -0.15) is 0 Å². The molecule has 2 aliphatic rings. The first-order chi connectivity index (χ1) is 17.3. The Bertz CT molecular complexity index is 1240. The summed E-state index contributed by atoms with van der Waals surface area (Å²) in [5.41, 5.74) is 9.67. The number of ether oxygens (including phenoxy) is 1. The van der Waals surface area contributed by atoms with Gasteiger partial charge in [-0.15, -0.1) is 0 Å². The average Bonchev–Trinajstić information content (AvgIpc) is 2.88. The molecule has 1 amide bonds. The Hall–Kier alpha value is -3.61. The van der Waals surface area contributed by atoms with Gasteiger partial charge in [-0.05, 0) is 48.6 Å². The second kappa shape index (κ2) is 9.80. The largest absolute Gasteiger partial charge is 0.446 e. The van der Waals surface area contributed by atoms with E-state index in [1.54, 1.807) is 9.47 Å². The minimum atomic E-state index is -0.392. The van der Waals surface area contributed by atoms with Gasteiger partial charge in [-0.1, -0.05) is 74.5 Å². The van der Waals surface area contributed by atoms with E-state index >= 15 is 0 Å². The highest BCUT2D eigenvalue weighted by Gasteiger charge is 2.33. The monoisotopic (exact) mass is 486 g/mol. The minimum Gasteiger partial charge on any atom is -0.446 e. The van der Waals surface area contributed by atoms with Crippen molar-refractivity contribution in [2.45, 2.75) is 64.6 Å². The number of benzene rings is 2. The predicted molar refractivity (Wildman–Crippen MR) is 140 cm³/mol.